The number of nitro benzene ring substituents is 1. The molecule has 3 rings (SSSR count). The zero-order valence-corrected chi connectivity index (χ0v) is 12.5. The zero-order valence-electron chi connectivity index (χ0n) is 12.5. The van der Waals surface area contributed by atoms with Crippen molar-refractivity contribution in [2.24, 2.45) is 0 Å². The molecule has 0 aliphatic rings. The van der Waals surface area contributed by atoms with Gasteiger partial charge >= 0.3 is 0 Å². The van der Waals surface area contributed by atoms with Gasteiger partial charge in [0.2, 0.25) is 0 Å². The highest BCUT2D eigenvalue weighted by Gasteiger charge is 2.17. The summed E-state index contributed by atoms with van der Waals surface area (Å²) in [6.45, 7) is 2.48. The molecule has 0 spiro atoms. The van der Waals surface area contributed by atoms with Gasteiger partial charge in [-0.1, -0.05) is 18.2 Å². The molecule has 7 heteroatoms. The Balaban J connectivity index is 2.12. The third-order valence-electron chi connectivity index (χ3n) is 3.35. The summed E-state index contributed by atoms with van der Waals surface area (Å²) in [5, 5.41) is 18.1. The normalized spacial score (nSPS) is 10.5. The second-order valence-corrected chi connectivity index (χ2v) is 4.89. The summed E-state index contributed by atoms with van der Waals surface area (Å²) in [5.41, 5.74) is 1.95. The minimum absolute atomic E-state index is 0.00487. The van der Waals surface area contributed by atoms with Gasteiger partial charge in [0.25, 0.3) is 5.69 Å². The molecule has 0 saturated carbocycles. The molecule has 0 bridgehead atoms. The number of nitrogens with zero attached hydrogens (tertiary/aromatic N) is 3. The summed E-state index contributed by atoms with van der Waals surface area (Å²) >= 11 is 0. The molecule has 23 heavy (non-hydrogen) atoms. The van der Waals surface area contributed by atoms with Crippen molar-refractivity contribution in [1.29, 1.82) is 0 Å². The Labute approximate surface area is 132 Å². The van der Waals surface area contributed by atoms with Crippen LogP contribution in [0.1, 0.15) is 6.92 Å². The van der Waals surface area contributed by atoms with E-state index in [1.807, 2.05) is 37.3 Å². The lowest BCUT2D eigenvalue weighted by Crippen LogP contribution is -2.03. The fraction of sp³-hybridized carbons (Fsp3) is 0.125. The minimum Gasteiger partial charge on any atom is -0.380 e. The smallest absolute Gasteiger partial charge is 0.293 e. The predicted octanol–water partition coefficient (Wildman–Crippen LogP) is 3.71. The van der Waals surface area contributed by atoms with Crippen molar-refractivity contribution < 1.29 is 4.92 Å². The van der Waals surface area contributed by atoms with Crippen LogP contribution in [0.3, 0.4) is 0 Å². The molecule has 0 amide bonds. The standard InChI is InChI=1S/C16H15N5O2/c1-2-17-14-9-13-12(8-15(14)21(22)23)16(19-10-18-13)20-11-6-4-3-5-7-11/h3-10,17H,2H2,1H3,(H,18,19,20). The third-order valence-corrected chi connectivity index (χ3v) is 3.35. The Morgan fingerprint density at radius 2 is 1.96 bits per heavy atom. The van der Waals surface area contributed by atoms with E-state index >= 15 is 0 Å². The lowest BCUT2D eigenvalue weighted by molar-refractivity contribution is -0.383. The molecule has 3 aromatic rings. The zero-order chi connectivity index (χ0) is 16.2. The van der Waals surface area contributed by atoms with Crippen LogP contribution in [0.2, 0.25) is 0 Å². The van der Waals surface area contributed by atoms with Crippen LogP contribution in [0.4, 0.5) is 22.9 Å². The number of para-hydroxylation sites is 1. The largest absolute Gasteiger partial charge is 0.380 e. The Kier molecular flexibility index (Phi) is 4.01. The van der Waals surface area contributed by atoms with Crippen molar-refractivity contribution >= 4 is 33.8 Å². The lowest BCUT2D eigenvalue weighted by atomic mass is 10.1. The van der Waals surface area contributed by atoms with Crippen LogP contribution in [-0.4, -0.2) is 21.4 Å². The van der Waals surface area contributed by atoms with Crippen LogP contribution >= 0.6 is 0 Å². The number of anilines is 3. The second-order valence-electron chi connectivity index (χ2n) is 4.89. The molecular weight excluding hydrogens is 294 g/mol. The number of hydrogen-bond donors (Lipinski definition) is 2. The first-order valence-corrected chi connectivity index (χ1v) is 7.18. The Hall–Kier alpha value is -3.22. The number of nitrogens with one attached hydrogen (secondary N) is 2. The number of aromatic nitrogens is 2. The van der Waals surface area contributed by atoms with Crippen LogP contribution in [0.25, 0.3) is 10.9 Å². The minimum atomic E-state index is -0.406. The van der Waals surface area contributed by atoms with E-state index in [0.29, 0.717) is 29.0 Å². The van der Waals surface area contributed by atoms with E-state index in [1.165, 1.54) is 12.4 Å². The fourth-order valence-corrected chi connectivity index (χ4v) is 2.33. The van der Waals surface area contributed by atoms with Crippen LogP contribution in [-0.2, 0) is 0 Å². The number of benzene rings is 2. The van der Waals surface area contributed by atoms with Gasteiger partial charge in [-0.2, -0.15) is 0 Å². The number of fused-ring (bicyclic) bond motifs is 1. The average molecular weight is 309 g/mol. The maximum absolute atomic E-state index is 11.3. The van der Waals surface area contributed by atoms with E-state index in [-0.39, 0.29) is 5.69 Å². The summed E-state index contributed by atoms with van der Waals surface area (Å²) in [7, 11) is 0. The topological polar surface area (TPSA) is 93.0 Å². The van der Waals surface area contributed by atoms with Crippen molar-refractivity contribution in [3.63, 3.8) is 0 Å². The van der Waals surface area contributed by atoms with Crippen LogP contribution in [0.15, 0.2) is 48.8 Å². The summed E-state index contributed by atoms with van der Waals surface area (Å²) in [6.07, 6.45) is 1.44. The molecule has 2 N–H and O–H groups in total. The van der Waals surface area contributed by atoms with Gasteiger partial charge in [-0.05, 0) is 25.1 Å². The van der Waals surface area contributed by atoms with E-state index in [1.54, 1.807) is 6.07 Å². The van der Waals surface area contributed by atoms with E-state index in [9.17, 15) is 10.1 Å². The maximum Gasteiger partial charge on any atom is 0.293 e. The van der Waals surface area contributed by atoms with Crippen LogP contribution < -0.4 is 10.6 Å². The second kappa shape index (κ2) is 6.27. The maximum atomic E-state index is 11.3. The molecule has 0 unspecified atom stereocenters. The van der Waals surface area contributed by atoms with Gasteiger partial charge in [-0.15, -0.1) is 0 Å². The molecule has 116 valence electrons. The summed E-state index contributed by atoms with van der Waals surface area (Å²) in [4.78, 5) is 19.3. The van der Waals surface area contributed by atoms with Gasteiger partial charge < -0.3 is 10.6 Å². The van der Waals surface area contributed by atoms with Gasteiger partial charge in [0.05, 0.1) is 10.4 Å². The van der Waals surface area contributed by atoms with Crippen molar-refractivity contribution in [2.45, 2.75) is 6.92 Å². The molecule has 1 aromatic heterocycles. The molecule has 0 atom stereocenters. The van der Waals surface area contributed by atoms with E-state index in [4.69, 9.17) is 0 Å². The molecule has 0 radical (unpaired) electrons. The van der Waals surface area contributed by atoms with Crippen molar-refractivity contribution in [3.05, 3.63) is 58.9 Å². The first-order chi connectivity index (χ1) is 11.2. The van der Waals surface area contributed by atoms with Crippen molar-refractivity contribution in [2.75, 3.05) is 17.2 Å². The van der Waals surface area contributed by atoms with Gasteiger partial charge in [0.15, 0.2) is 0 Å². The monoisotopic (exact) mass is 309 g/mol. The first kappa shape index (κ1) is 14.7. The molecule has 1 heterocycles. The number of rotatable bonds is 5. The average Bonchev–Trinajstić information content (AvgIpc) is 2.55. The van der Waals surface area contributed by atoms with Crippen LogP contribution in [0, 0.1) is 10.1 Å². The molecule has 0 aliphatic carbocycles. The Morgan fingerprint density at radius 1 is 1.17 bits per heavy atom. The number of nitro groups is 1. The van der Waals surface area contributed by atoms with Gasteiger partial charge in [-0.3, -0.25) is 10.1 Å². The third kappa shape index (κ3) is 3.03. The van der Waals surface area contributed by atoms with E-state index in [0.717, 1.165) is 5.69 Å². The molecule has 7 nitrogen and oxygen atoms in total. The summed E-state index contributed by atoms with van der Waals surface area (Å²) < 4.78 is 0. The SMILES string of the molecule is CCNc1cc2ncnc(Nc3ccccc3)c2cc1[N+](=O)[O-]. The van der Waals surface area contributed by atoms with E-state index < -0.39 is 4.92 Å². The highest BCUT2D eigenvalue weighted by atomic mass is 16.6. The molecule has 2 aromatic carbocycles. The van der Waals surface area contributed by atoms with Gasteiger partial charge in [-0.25, -0.2) is 9.97 Å². The fourth-order valence-electron chi connectivity index (χ4n) is 2.33. The highest BCUT2D eigenvalue weighted by Crippen LogP contribution is 2.32. The van der Waals surface area contributed by atoms with Crippen LogP contribution in [0.5, 0.6) is 0 Å². The Morgan fingerprint density at radius 3 is 2.65 bits per heavy atom. The van der Waals surface area contributed by atoms with Crippen molar-refractivity contribution in [3.8, 4) is 0 Å². The molecule has 0 aliphatic heterocycles. The quantitative estimate of drug-likeness (QED) is 0.551. The summed E-state index contributed by atoms with van der Waals surface area (Å²) in [5.74, 6) is 0.535. The highest BCUT2D eigenvalue weighted by molar-refractivity contribution is 5.95. The molecule has 0 fully saturated rings. The predicted molar refractivity (Wildman–Crippen MR) is 90.1 cm³/mol. The molecular formula is C16H15N5O2. The van der Waals surface area contributed by atoms with Gasteiger partial charge in [0.1, 0.15) is 17.8 Å². The first-order valence-electron chi connectivity index (χ1n) is 7.18. The number of hydrogen-bond acceptors (Lipinski definition) is 6. The lowest BCUT2D eigenvalue weighted by Gasteiger charge is -2.10. The molecule has 0 saturated heterocycles. The van der Waals surface area contributed by atoms with E-state index in [2.05, 4.69) is 20.6 Å². The van der Waals surface area contributed by atoms with Crippen molar-refractivity contribution in [1.82, 2.24) is 9.97 Å². The Bertz CT molecular complexity index is 852. The van der Waals surface area contributed by atoms with Gasteiger partial charge in [0, 0.05) is 23.7 Å². The summed E-state index contributed by atoms with van der Waals surface area (Å²) in [6, 6.07) is 12.7.